The lowest BCUT2D eigenvalue weighted by Crippen LogP contribution is -2.23. The fourth-order valence-corrected chi connectivity index (χ4v) is 3.08. The van der Waals surface area contributed by atoms with Crippen LogP contribution in [0.1, 0.15) is 35.3 Å². The summed E-state index contributed by atoms with van der Waals surface area (Å²) in [6, 6.07) is 11.4. The van der Waals surface area contributed by atoms with Crippen molar-refractivity contribution in [2.75, 3.05) is 11.0 Å². The maximum atomic E-state index is 12.2. The Balaban J connectivity index is 2.03. The van der Waals surface area contributed by atoms with Gasteiger partial charge in [0.15, 0.2) is 0 Å². The average Bonchev–Trinajstić information content (AvgIpc) is 2.51. The van der Waals surface area contributed by atoms with Crippen LogP contribution in [0.5, 0.6) is 0 Å². The molecule has 2 aromatic rings. The van der Waals surface area contributed by atoms with E-state index in [1.54, 1.807) is 50.2 Å². The molecular formula is C18H21ClN2O4S. The van der Waals surface area contributed by atoms with Crippen LogP contribution < -0.4 is 10.0 Å². The van der Waals surface area contributed by atoms with Crippen molar-refractivity contribution in [1.82, 2.24) is 5.32 Å². The first kappa shape index (κ1) is 20.2. The van der Waals surface area contributed by atoms with Gasteiger partial charge in [0.25, 0.3) is 5.91 Å². The number of nitrogens with one attached hydrogen (secondary N) is 2. The Kier molecular flexibility index (Phi) is 5.95. The van der Waals surface area contributed by atoms with Crippen LogP contribution in [0, 0.1) is 0 Å². The Morgan fingerprint density at radius 3 is 2.27 bits per heavy atom. The molecule has 0 radical (unpaired) electrons. The molecule has 1 amide bonds. The van der Waals surface area contributed by atoms with Gasteiger partial charge in [-0.1, -0.05) is 29.8 Å². The Morgan fingerprint density at radius 2 is 1.77 bits per heavy atom. The number of hydrogen-bond donors (Lipinski definition) is 3. The van der Waals surface area contributed by atoms with Crippen LogP contribution >= 0.6 is 11.6 Å². The molecule has 0 aliphatic rings. The minimum atomic E-state index is -3.38. The first-order valence-corrected chi connectivity index (χ1v) is 10.1. The molecule has 0 aliphatic heterocycles. The van der Waals surface area contributed by atoms with E-state index in [9.17, 15) is 18.3 Å². The first-order valence-electron chi connectivity index (χ1n) is 7.83. The molecule has 140 valence electrons. The molecule has 0 spiro atoms. The van der Waals surface area contributed by atoms with Crippen LogP contribution in [0.2, 0.25) is 5.02 Å². The van der Waals surface area contributed by atoms with Crippen LogP contribution in [0.3, 0.4) is 0 Å². The molecule has 0 saturated carbocycles. The second kappa shape index (κ2) is 7.65. The molecule has 8 heteroatoms. The van der Waals surface area contributed by atoms with E-state index in [0.29, 0.717) is 27.4 Å². The summed E-state index contributed by atoms with van der Waals surface area (Å²) in [6.07, 6.45) is 1.05. The Morgan fingerprint density at radius 1 is 1.15 bits per heavy atom. The highest BCUT2D eigenvalue weighted by Gasteiger charge is 2.16. The predicted octanol–water partition coefficient (Wildman–Crippen LogP) is 2.87. The van der Waals surface area contributed by atoms with Gasteiger partial charge in [0.2, 0.25) is 10.0 Å². The van der Waals surface area contributed by atoms with Crippen molar-refractivity contribution in [2.24, 2.45) is 0 Å². The molecule has 0 aliphatic carbocycles. The van der Waals surface area contributed by atoms with E-state index >= 15 is 0 Å². The molecule has 26 heavy (non-hydrogen) atoms. The predicted molar refractivity (Wildman–Crippen MR) is 103 cm³/mol. The molecule has 0 saturated heterocycles. The lowest BCUT2D eigenvalue weighted by atomic mass is 9.97. The highest BCUT2D eigenvalue weighted by atomic mass is 35.5. The lowest BCUT2D eigenvalue weighted by molar-refractivity contribution is 0.0784. The van der Waals surface area contributed by atoms with Crippen molar-refractivity contribution < 1.29 is 18.3 Å². The van der Waals surface area contributed by atoms with E-state index in [0.717, 1.165) is 6.26 Å². The Bertz CT molecular complexity index is 904. The number of sulfonamides is 1. The maximum Gasteiger partial charge on any atom is 0.251 e. The van der Waals surface area contributed by atoms with Crippen LogP contribution in [-0.2, 0) is 22.2 Å². The normalized spacial score (nSPS) is 11.9. The van der Waals surface area contributed by atoms with Gasteiger partial charge in [-0.15, -0.1) is 0 Å². The second-order valence-electron chi connectivity index (χ2n) is 6.50. The summed E-state index contributed by atoms with van der Waals surface area (Å²) >= 11 is 6.14. The molecule has 0 heterocycles. The number of halogens is 1. The number of amides is 1. The molecule has 0 unspecified atom stereocenters. The molecule has 0 fully saturated rings. The zero-order valence-corrected chi connectivity index (χ0v) is 16.3. The van der Waals surface area contributed by atoms with Gasteiger partial charge in [0.1, 0.15) is 0 Å². The summed E-state index contributed by atoms with van der Waals surface area (Å²) in [6.45, 7) is 3.54. The summed E-state index contributed by atoms with van der Waals surface area (Å²) < 4.78 is 24.8. The lowest BCUT2D eigenvalue weighted by Gasteiger charge is -2.17. The van der Waals surface area contributed by atoms with Gasteiger partial charge in [0.05, 0.1) is 11.9 Å². The number of carbonyl (C=O) groups excluding carboxylic acids is 1. The zero-order chi connectivity index (χ0) is 19.5. The second-order valence-corrected chi connectivity index (χ2v) is 8.66. The standard InChI is InChI=1S/C18H21ClN2O4S/c1-18(2,23)14-7-4-12(5-8-14)17(22)20-11-13-6-9-15(10-16(13)19)21-26(3,24)25/h4-10,21,23H,11H2,1-3H3,(H,20,22). The van der Waals surface area contributed by atoms with Crippen molar-refractivity contribution >= 4 is 33.2 Å². The molecule has 0 atom stereocenters. The quantitative estimate of drug-likeness (QED) is 0.699. The summed E-state index contributed by atoms with van der Waals surface area (Å²) in [5, 5.41) is 13.0. The first-order chi connectivity index (χ1) is 12.0. The number of carbonyl (C=O) groups is 1. The van der Waals surface area contributed by atoms with Crippen molar-refractivity contribution in [1.29, 1.82) is 0 Å². The minimum Gasteiger partial charge on any atom is -0.386 e. The van der Waals surface area contributed by atoms with Crippen LogP contribution in [0.4, 0.5) is 5.69 Å². The van der Waals surface area contributed by atoms with Crippen LogP contribution in [0.25, 0.3) is 0 Å². The highest BCUT2D eigenvalue weighted by molar-refractivity contribution is 7.92. The van der Waals surface area contributed by atoms with Crippen LogP contribution in [-0.4, -0.2) is 25.7 Å². The van der Waals surface area contributed by atoms with Gasteiger partial charge in [-0.25, -0.2) is 8.42 Å². The molecule has 6 nitrogen and oxygen atoms in total. The number of rotatable bonds is 6. The van der Waals surface area contributed by atoms with E-state index in [1.807, 2.05) is 0 Å². The average molecular weight is 397 g/mol. The number of benzene rings is 2. The van der Waals surface area contributed by atoms with Gasteiger partial charge in [-0.2, -0.15) is 0 Å². The zero-order valence-electron chi connectivity index (χ0n) is 14.7. The van der Waals surface area contributed by atoms with E-state index in [2.05, 4.69) is 10.0 Å². The fourth-order valence-electron chi connectivity index (χ4n) is 2.28. The van der Waals surface area contributed by atoms with Crippen molar-refractivity contribution in [2.45, 2.75) is 26.0 Å². The molecular weight excluding hydrogens is 376 g/mol. The fraction of sp³-hybridized carbons (Fsp3) is 0.278. The molecule has 0 aromatic heterocycles. The van der Waals surface area contributed by atoms with Gasteiger partial charge in [-0.05, 0) is 49.2 Å². The molecule has 2 rings (SSSR count). The van der Waals surface area contributed by atoms with E-state index in [1.165, 1.54) is 6.07 Å². The molecule has 3 N–H and O–H groups in total. The summed E-state index contributed by atoms with van der Waals surface area (Å²) in [5.74, 6) is -0.276. The number of hydrogen-bond acceptors (Lipinski definition) is 4. The van der Waals surface area contributed by atoms with Crippen LogP contribution in [0.15, 0.2) is 42.5 Å². The Hall–Kier alpha value is -2.09. The summed E-state index contributed by atoms with van der Waals surface area (Å²) in [4.78, 5) is 12.2. The monoisotopic (exact) mass is 396 g/mol. The SMILES string of the molecule is CC(C)(O)c1ccc(C(=O)NCc2ccc(NS(C)(=O)=O)cc2Cl)cc1. The number of anilines is 1. The van der Waals surface area contributed by atoms with Gasteiger partial charge in [0, 0.05) is 22.8 Å². The topological polar surface area (TPSA) is 95.5 Å². The van der Waals surface area contributed by atoms with Gasteiger partial charge < -0.3 is 10.4 Å². The van der Waals surface area contributed by atoms with E-state index in [-0.39, 0.29) is 12.5 Å². The highest BCUT2D eigenvalue weighted by Crippen LogP contribution is 2.22. The third-order valence-corrected chi connectivity index (χ3v) is 4.61. The third-order valence-electron chi connectivity index (χ3n) is 3.65. The van der Waals surface area contributed by atoms with Crippen molar-refractivity contribution in [3.63, 3.8) is 0 Å². The minimum absolute atomic E-state index is 0.198. The van der Waals surface area contributed by atoms with Crippen molar-refractivity contribution in [3.05, 3.63) is 64.2 Å². The van der Waals surface area contributed by atoms with Gasteiger partial charge >= 0.3 is 0 Å². The summed E-state index contributed by atoms with van der Waals surface area (Å²) in [7, 11) is -3.38. The van der Waals surface area contributed by atoms with Crippen molar-refractivity contribution in [3.8, 4) is 0 Å². The summed E-state index contributed by atoms with van der Waals surface area (Å²) in [5.41, 5.74) is 1.22. The Labute approximate surface area is 158 Å². The van der Waals surface area contributed by atoms with E-state index in [4.69, 9.17) is 11.6 Å². The van der Waals surface area contributed by atoms with E-state index < -0.39 is 15.6 Å². The smallest absolute Gasteiger partial charge is 0.251 e. The molecule has 0 bridgehead atoms. The molecule has 2 aromatic carbocycles. The van der Waals surface area contributed by atoms with Gasteiger partial charge in [-0.3, -0.25) is 9.52 Å². The maximum absolute atomic E-state index is 12.2. The largest absolute Gasteiger partial charge is 0.386 e. The third kappa shape index (κ3) is 5.72. The number of aliphatic hydroxyl groups is 1.